The summed E-state index contributed by atoms with van der Waals surface area (Å²) in [4.78, 5) is 34.5. The van der Waals surface area contributed by atoms with Gasteiger partial charge in [-0.25, -0.2) is 0 Å². The number of hydrogen-bond acceptors (Lipinski definition) is 5. The normalized spacial score (nSPS) is 17.9. The first-order valence-electron chi connectivity index (χ1n) is 7.86. The Balaban J connectivity index is 2.11. The summed E-state index contributed by atoms with van der Waals surface area (Å²) in [5, 5.41) is 11.0. The summed E-state index contributed by atoms with van der Waals surface area (Å²) in [6.07, 6.45) is 4.35. The summed E-state index contributed by atoms with van der Waals surface area (Å²) < 4.78 is 5.27. The van der Waals surface area contributed by atoms with Gasteiger partial charge in [0.1, 0.15) is 18.8 Å². The third-order valence-corrected chi connectivity index (χ3v) is 4.55. The molecule has 0 N–H and O–H groups in total. The maximum absolute atomic E-state index is 12.4. The van der Waals surface area contributed by atoms with Crippen LogP contribution in [0.5, 0.6) is 0 Å². The molecule has 0 bridgehead atoms. The van der Waals surface area contributed by atoms with Gasteiger partial charge in [0.25, 0.3) is 0 Å². The standard InChI is InChI=1S/C17H21NO5/c19-13-17(9-5-2-6-10-17)15(11-18(21)22)16(20)23-12-14-7-3-1-4-8-14/h1,3-4,7-8,13,15H,2,5-6,9-12H2/t15-/m1/s1. The van der Waals surface area contributed by atoms with E-state index in [4.69, 9.17) is 4.74 Å². The van der Waals surface area contributed by atoms with Crippen molar-refractivity contribution in [2.75, 3.05) is 6.54 Å². The molecule has 6 heteroatoms. The third kappa shape index (κ3) is 4.37. The predicted molar refractivity (Wildman–Crippen MR) is 83.2 cm³/mol. The van der Waals surface area contributed by atoms with E-state index in [9.17, 15) is 19.7 Å². The number of carbonyl (C=O) groups excluding carboxylic acids is 2. The van der Waals surface area contributed by atoms with Gasteiger partial charge in [0, 0.05) is 10.3 Å². The fraction of sp³-hybridized carbons (Fsp3) is 0.529. The molecule has 2 rings (SSSR count). The summed E-state index contributed by atoms with van der Waals surface area (Å²) in [6, 6.07) is 9.12. The maximum atomic E-state index is 12.4. The van der Waals surface area contributed by atoms with Crippen LogP contribution in [0, 0.1) is 21.4 Å². The summed E-state index contributed by atoms with van der Waals surface area (Å²) in [5.41, 5.74) is -0.150. The van der Waals surface area contributed by atoms with E-state index in [1.807, 2.05) is 30.3 Å². The topological polar surface area (TPSA) is 86.5 Å². The van der Waals surface area contributed by atoms with Crippen LogP contribution in [0.3, 0.4) is 0 Å². The fourth-order valence-corrected chi connectivity index (χ4v) is 3.23. The predicted octanol–water partition coefficient (Wildman–Crippen LogP) is 2.77. The number of aldehydes is 1. The zero-order chi connectivity index (χ0) is 16.7. The minimum absolute atomic E-state index is 0.0584. The molecule has 1 saturated carbocycles. The Bertz CT molecular complexity index is 551. The van der Waals surface area contributed by atoms with Crippen molar-refractivity contribution in [1.82, 2.24) is 0 Å². The summed E-state index contributed by atoms with van der Waals surface area (Å²) >= 11 is 0. The summed E-state index contributed by atoms with van der Waals surface area (Å²) in [5.74, 6) is -1.67. The fourth-order valence-electron chi connectivity index (χ4n) is 3.23. The molecular weight excluding hydrogens is 298 g/mol. The van der Waals surface area contributed by atoms with Gasteiger partial charge in [0.15, 0.2) is 0 Å². The molecule has 0 spiro atoms. The van der Waals surface area contributed by atoms with Gasteiger partial charge in [-0.1, -0.05) is 49.6 Å². The Hall–Kier alpha value is -2.24. The molecule has 1 aliphatic carbocycles. The Morgan fingerprint density at radius 2 is 1.91 bits per heavy atom. The van der Waals surface area contributed by atoms with E-state index in [1.165, 1.54) is 0 Å². The number of carbonyl (C=O) groups is 2. The average Bonchev–Trinajstić information content (AvgIpc) is 2.59. The van der Waals surface area contributed by atoms with Gasteiger partial charge in [-0.3, -0.25) is 14.9 Å². The zero-order valence-corrected chi connectivity index (χ0v) is 13.0. The molecule has 6 nitrogen and oxygen atoms in total. The van der Waals surface area contributed by atoms with Crippen molar-refractivity contribution in [2.45, 2.75) is 38.7 Å². The van der Waals surface area contributed by atoms with E-state index >= 15 is 0 Å². The van der Waals surface area contributed by atoms with E-state index in [0.29, 0.717) is 12.8 Å². The molecule has 1 fully saturated rings. The second-order valence-corrected chi connectivity index (χ2v) is 6.07. The number of nitro groups is 1. The highest BCUT2D eigenvalue weighted by atomic mass is 16.6. The molecule has 1 aliphatic rings. The molecule has 1 atom stereocenters. The highest BCUT2D eigenvalue weighted by Crippen LogP contribution is 2.41. The van der Waals surface area contributed by atoms with E-state index in [2.05, 4.69) is 0 Å². The highest BCUT2D eigenvalue weighted by Gasteiger charge is 2.47. The second kappa shape index (κ2) is 7.85. The molecule has 0 amide bonds. The van der Waals surface area contributed by atoms with Crippen molar-refractivity contribution in [2.24, 2.45) is 11.3 Å². The van der Waals surface area contributed by atoms with Crippen LogP contribution in [-0.4, -0.2) is 23.7 Å². The van der Waals surface area contributed by atoms with Crippen molar-refractivity contribution in [3.05, 3.63) is 46.0 Å². The van der Waals surface area contributed by atoms with Gasteiger partial charge < -0.3 is 9.53 Å². The molecular formula is C17H21NO5. The van der Waals surface area contributed by atoms with Crippen LogP contribution in [0.25, 0.3) is 0 Å². The monoisotopic (exact) mass is 319 g/mol. The number of nitrogens with zero attached hydrogens (tertiary/aromatic N) is 1. The molecule has 0 saturated heterocycles. The zero-order valence-electron chi connectivity index (χ0n) is 13.0. The van der Waals surface area contributed by atoms with Gasteiger partial charge >= 0.3 is 5.97 Å². The number of esters is 1. The third-order valence-electron chi connectivity index (χ3n) is 4.55. The molecule has 0 aromatic heterocycles. The van der Waals surface area contributed by atoms with Gasteiger partial charge in [-0.15, -0.1) is 0 Å². The quantitative estimate of drug-likeness (QED) is 0.334. The van der Waals surface area contributed by atoms with E-state index in [-0.39, 0.29) is 6.61 Å². The Morgan fingerprint density at radius 1 is 1.26 bits per heavy atom. The van der Waals surface area contributed by atoms with Gasteiger partial charge in [0.2, 0.25) is 6.54 Å². The minimum atomic E-state index is -1.01. The van der Waals surface area contributed by atoms with E-state index in [1.54, 1.807) is 0 Å². The maximum Gasteiger partial charge on any atom is 0.316 e. The van der Waals surface area contributed by atoms with E-state index < -0.39 is 28.8 Å². The largest absolute Gasteiger partial charge is 0.460 e. The lowest BCUT2D eigenvalue weighted by Crippen LogP contribution is -2.43. The number of hydrogen-bond donors (Lipinski definition) is 0. The van der Waals surface area contributed by atoms with Gasteiger partial charge in [-0.2, -0.15) is 0 Å². The Labute approximate surface area is 135 Å². The first-order valence-corrected chi connectivity index (χ1v) is 7.86. The number of ether oxygens (including phenoxy) is 1. The first kappa shape index (κ1) is 17.1. The Kier molecular flexibility index (Phi) is 5.84. The molecule has 0 heterocycles. The molecule has 0 aliphatic heterocycles. The Morgan fingerprint density at radius 3 is 2.48 bits per heavy atom. The highest BCUT2D eigenvalue weighted by molar-refractivity contribution is 5.79. The van der Waals surface area contributed by atoms with Crippen molar-refractivity contribution in [3.63, 3.8) is 0 Å². The van der Waals surface area contributed by atoms with Crippen LogP contribution in [0.1, 0.15) is 37.7 Å². The minimum Gasteiger partial charge on any atom is -0.460 e. The SMILES string of the molecule is O=CC1([C@H](C[N+](=O)[O-])C(=O)OCc2ccccc2)CCCCC1. The van der Waals surface area contributed by atoms with Crippen molar-refractivity contribution < 1.29 is 19.2 Å². The number of benzene rings is 1. The molecule has 0 unspecified atom stereocenters. The summed E-state index contributed by atoms with van der Waals surface area (Å²) in [6.45, 7) is -0.505. The summed E-state index contributed by atoms with van der Waals surface area (Å²) in [7, 11) is 0. The number of rotatable bonds is 7. The van der Waals surface area contributed by atoms with Crippen molar-refractivity contribution >= 4 is 12.3 Å². The van der Waals surface area contributed by atoms with Gasteiger partial charge in [-0.05, 0) is 18.4 Å². The van der Waals surface area contributed by atoms with Crippen LogP contribution in [0.2, 0.25) is 0 Å². The average molecular weight is 319 g/mol. The molecule has 23 heavy (non-hydrogen) atoms. The first-order chi connectivity index (χ1) is 11.1. The molecule has 124 valence electrons. The second-order valence-electron chi connectivity index (χ2n) is 6.07. The molecule has 1 aromatic rings. The molecule has 0 radical (unpaired) electrons. The molecule has 1 aromatic carbocycles. The lowest BCUT2D eigenvalue weighted by atomic mass is 9.66. The van der Waals surface area contributed by atoms with Crippen LogP contribution < -0.4 is 0 Å². The van der Waals surface area contributed by atoms with E-state index in [0.717, 1.165) is 31.1 Å². The van der Waals surface area contributed by atoms with Crippen molar-refractivity contribution in [3.8, 4) is 0 Å². The van der Waals surface area contributed by atoms with Crippen LogP contribution in [0.15, 0.2) is 30.3 Å². The smallest absolute Gasteiger partial charge is 0.316 e. The van der Waals surface area contributed by atoms with Crippen molar-refractivity contribution in [1.29, 1.82) is 0 Å². The van der Waals surface area contributed by atoms with Gasteiger partial charge in [0.05, 0.1) is 0 Å². The van der Waals surface area contributed by atoms with Crippen LogP contribution in [-0.2, 0) is 20.9 Å². The lowest BCUT2D eigenvalue weighted by Gasteiger charge is -2.35. The van der Waals surface area contributed by atoms with Crippen LogP contribution >= 0.6 is 0 Å². The van der Waals surface area contributed by atoms with Crippen LogP contribution in [0.4, 0.5) is 0 Å². The lowest BCUT2D eigenvalue weighted by molar-refractivity contribution is -0.489.